The normalized spacial score (nSPS) is 16.4. The number of benzene rings is 3. The van der Waals surface area contributed by atoms with Gasteiger partial charge in [-0.3, -0.25) is 4.90 Å². The van der Waals surface area contributed by atoms with Gasteiger partial charge in [-0.1, -0.05) is 72.8 Å². The van der Waals surface area contributed by atoms with Crippen LogP contribution in [0.3, 0.4) is 0 Å². The molecule has 1 N–H and O–H groups in total. The van der Waals surface area contributed by atoms with Crippen molar-refractivity contribution in [3.63, 3.8) is 0 Å². The van der Waals surface area contributed by atoms with E-state index in [0.29, 0.717) is 6.54 Å². The standard InChI is InChI=1S/C26H26F3NO/c27-26(28,29)24-13-11-20(12-14-24)19-30-17-15-23(16-18-30)25(31,21-7-3-1-4-8-21)22-9-5-2-6-10-22/h1-14,23,31H,15-19H2. The van der Waals surface area contributed by atoms with Gasteiger partial charge in [-0.15, -0.1) is 0 Å². The Morgan fingerprint density at radius 2 is 1.19 bits per heavy atom. The fourth-order valence-corrected chi connectivity index (χ4v) is 4.59. The van der Waals surface area contributed by atoms with E-state index in [1.54, 1.807) is 12.1 Å². The molecule has 4 rings (SSSR count). The number of alkyl halides is 3. The van der Waals surface area contributed by atoms with Crippen molar-refractivity contribution in [2.24, 2.45) is 5.92 Å². The summed E-state index contributed by atoms with van der Waals surface area (Å²) in [4.78, 5) is 2.25. The quantitative estimate of drug-likeness (QED) is 0.554. The van der Waals surface area contributed by atoms with Crippen LogP contribution in [0.5, 0.6) is 0 Å². The first kappa shape index (κ1) is 21.6. The van der Waals surface area contributed by atoms with E-state index < -0.39 is 17.3 Å². The Labute approximate surface area is 181 Å². The molecule has 0 radical (unpaired) electrons. The molecule has 0 spiro atoms. The molecule has 0 aromatic heterocycles. The van der Waals surface area contributed by atoms with Crippen LogP contribution >= 0.6 is 0 Å². The zero-order chi connectivity index (χ0) is 21.9. The molecule has 1 saturated heterocycles. The van der Waals surface area contributed by atoms with Crippen molar-refractivity contribution >= 4 is 0 Å². The molecule has 3 aromatic rings. The lowest BCUT2D eigenvalue weighted by Crippen LogP contribution is -2.44. The summed E-state index contributed by atoms with van der Waals surface area (Å²) in [5.74, 6) is 0.0566. The lowest BCUT2D eigenvalue weighted by molar-refractivity contribution is -0.137. The van der Waals surface area contributed by atoms with E-state index in [1.807, 2.05) is 60.7 Å². The number of piperidine rings is 1. The van der Waals surface area contributed by atoms with Crippen molar-refractivity contribution in [2.45, 2.75) is 31.2 Å². The zero-order valence-corrected chi connectivity index (χ0v) is 17.2. The highest BCUT2D eigenvalue weighted by molar-refractivity contribution is 5.37. The van der Waals surface area contributed by atoms with Gasteiger partial charge in [0.05, 0.1) is 5.56 Å². The van der Waals surface area contributed by atoms with E-state index in [1.165, 1.54) is 0 Å². The lowest BCUT2D eigenvalue weighted by Gasteiger charge is -2.42. The Hall–Kier alpha value is -2.63. The van der Waals surface area contributed by atoms with Crippen LogP contribution in [-0.2, 0) is 18.3 Å². The second-order valence-electron chi connectivity index (χ2n) is 8.24. The fraction of sp³-hybridized carbons (Fsp3) is 0.308. The Balaban J connectivity index is 1.47. The van der Waals surface area contributed by atoms with E-state index in [-0.39, 0.29) is 5.92 Å². The van der Waals surface area contributed by atoms with Gasteiger partial charge < -0.3 is 5.11 Å². The first-order chi connectivity index (χ1) is 14.9. The van der Waals surface area contributed by atoms with Crippen LogP contribution in [0.1, 0.15) is 35.1 Å². The van der Waals surface area contributed by atoms with Gasteiger partial charge in [-0.05, 0) is 60.7 Å². The maximum atomic E-state index is 12.8. The summed E-state index contributed by atoms with van der Waals surface area (Å²) < 4.78 is 38.3. The minimum absolute atomic E-state index is 0.0566. The number of nitrogens with zero attached hydrogens (tertiary/aromatic N) is 1. The summed E-state index contributed by atoms with van der Waals surface area (Å²) in [6.45, 7) is 2.18. The van der Waals surface area contributed by atoms with E-state index >= 15 is 0 Å². The monoisotopic (exact) mass is 425 g/mol. The number of halogens is 3. The molecule has 0 amide bonds. The summed E-state index contributed by atoms with van der Waals surface area (Å²) in [6, 6.07) is 25.0. The predicted molar refractivity (Wildman–Crippen MR) is 115 cm³/mol. The number of likely N-dealkylation sites (tertiary alicyclic amines) is 1. The zero-order valence-electron chi connectivity index (χ0n) is 17.2. The third kappa shape index (κ3) is 4.68. The average molecular weight is 425 g/mol. The van der Waals surface area contributed by atoms with Gasteiger partial charge in [0.2, 0.25) is 0 Å². The molecule has 1 fully saturated rings. The van der Waals surface area contributed by atoms with Gasteiger partial charge in [0.1, 0.15) is 5.60 Å². The second kappa shape index (κ2) is 8.85. The number of hydrogen-bond donors (Lipinski definition) is 1. The van der Waals surface area contributed by atoms with Gasteiger partial charge in [0, 0.05) is 6.54 Å². The molecule has 2 nitrogen and oxygen atoms in total. The van der Waals surface area contributed by atoms with Crippen LogP contribution in [0.25, 0.3) is 0 Å². The average Bonchev–Trinajstić information content (AvgIpc) is 2.80. The molecule has 0 unspecified atom stereocenters. The predicted octanol–water partition coefficient (Wildman–Crippen LogP) is 5.85. The van der Waals surface area contributed by atoms with Crippen LogP contribution in [-0.4, -0.2) is 23.1 Å². The number of aliphatic hydroxyl groups is 1. The lowest BCUT2D eigenvalue weighted by atomic mass is 9.72. The van der Waals surface area contributed by atoms with Crippen molar-refractivity contribution < 1.29 is 18.3 Å². The highest BCUT2D eigenvalue weighted by atomic mass is 19.4. The largest absolute Gasteiger partial charge is 0.416 e. The van der Waals surface area contributed by atoms with Crippen LogP contribution in [0.15, 0.2) is 84.9 Å². The summed E-state index contributed by atoms with van der Waals surface area (Å²) in [7, 11) is 0. The summed E-state index contributed by atoms with van der Waals surface area (Å²) in [5, 5.41) is 11.9. The second-order valence-corrected chi connectivity index (χ2v) is 8.24. The number of hydrogen-bond acceptors (Lipinski definition) is 2. The van der Waals surface area contributed by atoms with E-state index in [2.05, 4.69) is 4.90 Å². The van der Waals surface area contributed by atoms with E-state index in [9.17, 15) is 18.3 Å². The molecule has 5 heteroatoms. The van der Waals surface area contributed by atoms with Gasteiger partial charge in [0.15, 0.2) is 0 Å². The van der Waals surface area contributed by atoms with Gasteiger partial charge in [-0.25, -0.2) is 0 Å². The Kier molecular flexibility index (Phi) is 6.17. The first-order valence-corrected chi connectivity index (χ1v) is 10.6. The molecule has 0 saturated carbocycles. The molecular weight excluding hydrogens is 399 g/mol. The topological polar surface area (TPSA) is 23.5 Å². The summed E-state index contributed by atoms with van der Waals surface area (Å²) in [5.41, 5.74) is 0.964. The summed E-state index contributed by atoms with van der Waals surface area (Å²) in [6.07, 6.45) is -2.70. The minimum Gasteiger partial charge on any atom is -0.380 e. The highest BCUT2D eigenvalue weighted by Crippen LogP contribution is 2.42. The molecular formula is C26H26F3NO. The SMILES string of the molecule is OC(c1ccccc1)(c1ccccc1)C1CCN(Cc2ccc(C(F)(F)F)cc2)CC1. The molecule has 162 valence electrons. The molecule has 1 aliphatic rings. The molecule has 31 heavy (non-hydrogen) atoms. The summed E-state index contributed by atoms with van der Waals surface area (Å²) >= 11 is 0. The van der Waals surface area contributed by atoms with Crippen molar-refractivity contribution in [3.05, 3.63) is 107 Å². The fourth-order valence-electron chi connectivity index (χ4n) is 4.59. The molecule has 1 heterocycles. The third-order valence-electron chi connectivity index (χ3n) is 6.29. The first-order valence-electron chi connectivity index (χ1n) is 10.6. The van der Waals surface area contributed by atoms with Crippen LogP contribution < -0.4 is 0 Å². The van der Waals surface area contributed by atoms with Crippen LogP contribution in [0.4, 0.5) is 13.2 Å². The number of rotatable bonds is 5. The Morgan fingerprint density at radius 3 is 1.65 bits per heavy atom. The van der Waals surface area contributed by atoms with E-state index in [0.717, 1.165) is 54.8 Å². The molecule has 0 bridgehead atoms. The minimum atomic E-state index is -4.31. The van der Waals surface area contributed by atoms with Crippen molar-refractivity contribution in [2.75, 3.05) is 13.1 Å². The van der Waals surface area contributed by atoms with Crippen LogP contribution in [0, 0.1) is 5.92 Å². The maximum Gasteiger partial charge on any atom is 0.416 e. The van der Waals surface area contributed by atoms with Gasteiger partial charge >= 0.3 is 6.18 Å². The molecule has 0 aliphatic carbocycles. The molecule has 0 atom stereocenters. The van der Waals surface area contributed by atoms with Crippen molar-refractivity contribution in [1.29, 1.82) is 0 Å². The smallest absolute Gasteiger partial charge is 0.380 e. The Bertz CT molecular complexity index is 924. The van der Waals surface area contributed by atoms with E-state index in [4.69, 9.17) is 0 Å². The van der Waals surface area contributed by atoms with Crippen LogP contribution in [0.2, 0.25) is 0 Å². The van der Waals surface area contributed by atoms with Gasteiger partial charge in [0.25, 0.3) is 0 Å². The molecule has 3 aromatic carbocycles. The van der Waals surface area contributed by atoms with Gasteiger partial charge in [-0.2, -0.15) is 13.2 Å². The third-order valence-corrected chi connectivity index (χ3v) is 6.29. The van der Waals surface area contributed by atoms with Crippen molar-refractivity contribution in [3.8, 4) is 0 Å². The maximum absolute atomic E-state index is 12.8. The van der Waals surface area contributed by atoms with Crippen molar-refractivity contribution in [1.82, 2.24) is 4.90 Å². The molecule has 1 aliphatic heterocycles. The Morgan fingerprint density at radius 1 is 0.710 bits per heavy atom. The highest BCUT2D eigenvalue weighted by Gasteiger charge is 2.41.